The quantitative estimate of drug-likeness (QED) is 0.326. The molecule has 1 aromatic heterocycles. The maximum absolute atomic E-state index is 13.0. The topological polar surface area (TPSA) is 72.9 Å². The Morgan fingerprint density at radius 2 is 1.84 bits per heavy atom. The van der Waals surface area contributed by atoms with Crippen molar-refractivity contribution in [2.45, 2.75) is 25.1 Å². The molecule has 0 unspecified atom stereocenters. The smallest absolute Gasteiger partial charge is 0.373 e. The van der Waals surface area contributed by atoms with Crippen LogP contribution in [0.3, 0.4) is 0 Å². The van der Waals surface area contributed by atoms with E-state index in [0.29, 0.717) is 18.4 Å². The zero-order valence-electron chi connectivity index (χ0n) is 17.7. The fraction of sp³-hybridized carbons (Fsp3) is 0.273. The molecule has 0 saturated heterocycles. The minimum absolute atomic E-state index is 0.0856. The SMILES string of the molecule is C=C(F)/C=C\C(=C)C[C@@H](N)CC=O.CNc1c(-c2ccc(F)cc2)c(C(F)(F)F)nn1C. The fourth-order valence-corrected chi connectivity index (χ4v) is 2.72. The molecule has 0 aliphatic carbocycles. The molecule has 0 spiro atoms. The molecule has 0 bridgehead atoms. The summed E-state index contributed by atoms with van der Waals surface area (Å²) < 4.78 is 65.0. The number of allylic oxidation sites excluding steroid dienone is 3. The van der Waals surface area contributed by atoms with Gasteiger partial charge in [0.05, 0.1) is 5.56 Å². The minimum atomic E-state index is -4.57. The highest BCUT2D eigenvalue weighted by atomic mass is 19.4. The first-order valence-corrected chi connectivity index (χ1v) is 9.38. The van der Waals surface area contributed by atoms with Crippen LogP contribution in [0.25, 0.3) is 11.1 Å². The van der Waals surface area contributed by atoms with Crippen molar-refractivity contribution < 1.29 is 26.7 Å². The van der Waals surface area contributed by atoms with Gasteiger partial charge in [0.15, 0.2) is 5.69 Å². The van der Waals surface area contributed by atoms with Gasteiger partial charge >= 0.3 is 6.18 Å². The molecule has 10 heteroatoms. The molecular formula is C22H25F5N4O. The van der Waals surface area contributed by atoms with Crippen LogP contribution < -0.4 is 11.1 Å². The van der Waals surface area contributed by atoms with E-state index in [0.717, 1.165) is 23.1 Å². The number of nitrogens with two attached hydrogens (primary N) is 1. The lowest BCUT2D eigenvalue weighted by atomic mass is 10.0. The predicted molar refractivity (Wildman–Crippen MR) is 115 cm³/mol. The van der Waals surface area contributed by atoms with Crippen LogP contribution in [-0.2, 0) is 18.0 Å². The molecule has 5 nitrogen and oxygen atoms in total. The number of carbonyl (C=O) groups excluding carboxylic acids is 1. The summed E-state index contributed by atoms with van der Waals surface area (Å²) in [5.74, 6) is -0.809. The molecular weight excluding hydrogens is 431 g/mol. The number of benzene rings is 1. The Balaban J connectivity index is 0.000000347. The number of aldehydes is 1. The van der Waals surface area contributed by atoms with Crippen LogP contribution in [-0.4, -0.2) is 29.2 Å². The Morgan fingerprint density at radius 1 is 1.25 bits per heavy atom. The third-order valence-electron chi connectivity index (χ3n) is 4.11. The molecule has 0 aliphatic heterocycles. The van der Waals surface area contributed by atoms with Gasteiger partial charge < -0.3 is 15.8 Å². The lowest BCUT2D eigenvalue weighted by molar-refractivity contribution is -0.141. The number of nitrogens with zero attached hydrogens (tertiary/aromatic N) is 2. The summed E-state index contributed by atoms with van der Waals surface area (Å²) in [6.07, 6.45) is -0.304. The van der Waals surface area contributed by atoms with Crippen LogP contribution >= 0.6 is 0 Å². The minimum Gasteiger partial charge on any atom is -0.373 e. The molecule has 1 aromatic carbocycles. The molecule has 32 heavy (non-hydrogen) atoms. The van der Waals surface area contributed by atoms with E-state index >= 15 is 0 Å². The Hall–Kier alpha value is -3.27. The monoisotopic (exact) mass is 456 g/mol. The summed E-state index contributed by atoms with van der Waals surface area (Å²) in [5.41, 5.74) is 5.41. The van der Waals surface area contributed by atoms with Crippen molar-refractivity contribution >= 4 is 12.1 Å². The van der Waals surface area contributed by atoms with E-state index in [9.17, 15) is 26.7 Å². The molecule has 2 rings (SSSR count). The predicted octanol–water partition coefficient (Wildman–Crippen LogP) is 5.18. The molecule has 2 aromatic rings. The van der Waals surface area contributed by atoms with Crippen molar-refractivity contribution in [3.05, 3.63) is 72.5 Å². The number of aryl methyl sites for hydroxylation is 1. The average Bonchev–Trinajstić information content (AvgIpc) is 3.04. The van der Waals surface area contributed by atoms with Crippen LogP contribution in [0.2, 0.25) is 0 Å². The first-order chi connectivity index (χ1) is 14.9. The highest BCUT2D eigenvalue weighted by Crippen LogP contribution is 2.40. The molecule has 0 amide bonds. The standard InChI is InChI=1S/C12H11F4N3.C10H14FNO/c1-17-11-9(7-3-5-8(13)6-4-7)10(12(14,15)16)18-19(11)2;1-8(3-4-9(2)11)7-10(12)5-6-13/h3-6,17H,1-2H3;3-4,6,10H,1-2,5,7,12H2/b;4-3-/t;10-/m.0/s1. The number of halogens is 5. The van der Waals surface area contributed by atoms with Crippen molar-refractivity contribution in [2.24, 2.45) is 12.8 Å². The largest absolute Gasteiger partial charge is 0.435 e. The maximum Gasteiger partial charge on any atom is 0.435 e. The van der Waals surface area contributed by atoms with Gasteiger partial charge in [-0.1, -0.05) is 36.9 Å². The van der Waals surface area contributed by atoms with Crippen molar-refractivity contribution in [1.82, 2.24) is 9.78 Å². The molecule has 0 aliphatic rings. The highest BCUT2D eigenvalue weighted by molar-refractivity contribution is 5.78. The second-order valence-electron chi connectivity index (χ2n) is 6.76. The van der Waals surface area contributed by atoms with Crippen LogP contribution in [0, 0.1) is 5.82 Å². The van der Waals surface area contributed by atoms with Crippen molar-refractivity contribution in [3.63, 3.8) is 0 Å². The van der Waals surface area contributed by atoms with Crippen molar-refractivity contribution in [2.75, 3.05) is 12.4 Å². The second-order valence-corrected chi connectivity index (χ2v) is 6.76. The Bertz CT molecular complexity index is 962. The number of anilines is 1. The van der Waals surface area contributed by atoms with Crippen LogP contribution in [0.1, 0.15) is 18.5 Å². The zero-order chi connectivity index (χ0) is 24.5. The summed E-state index contributed by atoms with van der Waals surface area (Å²) in [6.45, 7) is 6.72. The number of carbonyl (C=O) groups is 1. The van der Waals surface area contributed by atoms with Gasteiger partial charge in [0.25, 0.3) is 0 Å². The Labute approximate surface area is 183 Å². The van der Waals surface area contributed by atoms with Crippen LogP contribution in [0.4, 0.5) is 27.8 Å². The fourth-order valence-electron chi connectivity index (χ4n) is 2.72. The zero-order valence-corrected chi connectivity index (χ0v) is 17.7. The summed E-state index contributed by atoms with van der Waals surface area (Å²) >= 11 is 0. The van der Waals surface area contributed by atoms with Gasteiger partial charge in [-0.25, -0.2) is 8.78 Å². The van der Waals surface area contributed by atoms with Gasteiger partial charge in [-0.2, -0.15) is 18.3 Å². The number of rotatable bonds is 8. The van der Waals surface area contributed by atoms with E-state index in [-0.39, 0.29) is 23.0 Å². The lowest BCUT2D eigenvalue weighted by Crippen LogP contribution is -2.20. The molecule has 0 radical (unpaired) electrons. The molecule has 3 N–H and O–H groups in total. The second kappa shape index (κ2) is 11.9. The third-order valence-corrected chi connectivity index (χ3v) is 4.11. The van der Waals surface area contributed by atoms with E-state index in [2.05, 4.69) is 23.6 Å². The summed E-state index contributed by atoms with van der Waals surface area (Å²) in [4.78, 5) is 10.1. The van der Waals surface area contributed by atoms with Gasteiger partial charge in [-0.15, -0.1) is 0 Å². The van der Waals surface area contributed by atoms with Crippen molar-refractivity contribution in [1.29, 1.82) is 0 Å². The molecule has 1 atom stereocenters. The van der Waals surface area contributed by atoms with Gasteiger partial charge in [0.1, 0.15) is 23.7 Å². The van der Waals surface area contributed by atoms with Crippen molar-refractivity contribution in [3.8, 4) is 11.1 Å². The molecule has 1 heterocycles. The van der Waals surface area contributed by atoms with Gasteiger partial charge in [-0.3, -0.25) is 4.68 Å². The van der Waals surface area contributed by atoms with Gasteiger partial charge in [0.2, 0.25) is 0 Å². The Kier molecular flexibility index (Phi) is 9.99. The molecule has 0 saturated carbocycles. The van der Waals surface area contributed by atoms with Crippen LogP contribution in [0.5, 0.6) is 0 Å². The average molecular weight is 456 g/mol. The number of hydrogen-bond donors (Lipinski definition) is 2. The first kappa shape index (κ1) is 26.8. The number of alkyl halides is 3. The third kappa shape index (κ3) is 8.10. The maximum atomic E-state index is 13.0. The normalized spacial score (nSPS) is 12.1. The van der Waals surface area contributed by atoms with E-state index in [1.165, 1.54) is 38.4 Å². The lowest BCUT2D eigenvalue weighted by Gasteiger charge is -2.08. The van der Waals surface area contributed by atoms with E-state index in [1.54, 1.807) is 0 Å². The summed E-state index contributed by atoms with van der Waals surface area (Å²) in [5, 5.41) is 6.16. The molecule has 174 valence electrons. The van der Waals surface area contributed by atoms with E-state index in [1.807, 2.05) is 0 Å². The number of nitrogens with one attached hydrogen (secondary N) is 1. The van der Waals surface area contributed by atoms with Gasteiger partial charge in [0, 0.05) is 26.6 Å². The number of aromatic nitrogens is 2. The number of hydrogen-bond acceptors (Lipinski definition) is 4. The molecule has 0 fully saturated rings. The summed E-state index contributed by atoms with van der Waals surface area (Å²) in [6, 6.07) is 4.58. The van der Waals surface area contributed by atoms with E-state index < -0.39 is 23.5 Å². The Morgan fingerprint density at radius 3 is 2.31 bits per heavy atom. The highest BCUT2D eigenvalue weighted by Gasteiger charge is 2.39. The van der Waals surface area contributed by atoms with Gasteiger partial charge in [-0.05, 0) is 30.2 Å². The first-order valence-electron chi connectivity index (χ1n) is 9.38. The van der Waals surface area contributed by atoms with Crippen LogP contribution in [0.15, 0.2) is 61.0 Å². The van der Waals surface area contributed by atoms with E-state index in [4.69, 9.17) is 5.73 Å². The summed E-state index contributed by atoms with van der Waals surface area (Å²) in [7, 11) is 2.91.